The van der Waals surface area contributed by atoms with Crippen LogP contribution in [-0.2, 0) is 27.9 Å². The molecule has 0 bridgehead atoms. The van der Waals surface area contributed by atoms with Crippen molar-refractivity contribution >= 4 is 21.8 Å². The number of sulfonamides is 1. The number of nitrogens with zero attached hydrogens (tertiary/aromatic N) is 2. The monoisotopic (exact) mass is 462 g/mol. The molecule has 32 heavy (non-hydrogen) atoms. The first-order valence-electron chi connectivity index (χ1n) is 10.4. The molecular formula is C22H27FN4O4S. The molecule has 0 aliphatic carbocycles. The minimum Gasteiger partial charge on any atom is -0.349 e. The van der Waals surface area contributed by atoms with Crippen molar-refractivity contribution in [1.82, 2.24) is 14.5 Å². The Morgan fingerprint density at radius 2 is 1.81 bits per heavy atom. The third kappa shape index (κ3) is 5.32. The van der Waals surface area contributed by atoms with Crippen molar-refractivity contribution in [3.63, 3.8) is 0 Å². The SMILES string of the molecule is CCCS(=O)(=O)N1CCN(C(=O)c2ccc(F)cc2)C1C(=O)NCc1cccc(CN)c1. The first kappa shape index (κ1) is 23.8. The molecule has 1 fully saturated rings. The zero-order valence-electron chi connectivity index (χ0n) is 17.8. The number of nitrogens with two attached hydrogens (primary N) is 1. The average molecular weight is 463 g/mol. The molecule has 1 saturated heterocycles. The van der Waals surface area contributed by atoms with Crippen LogP contribution in [0.4, 0.5) is 4.39 Å². The second kappa shape index (κ2) is 10.2. The molecule has 8 nitrogen and oxygen atoms in total. The standard InChI is InChI=1S/C22H27FN4O4S/c1-2-12-32(30,31)27-11-10-26(22(29)18-6-8-19(23)9-7-18)21(27)20(28)25-15-17-5-3-4-16(13-17)14-24/h3-9,13,21H,2,10-12,14-15,24H2,1H3,(H,25,28). The summed E-state index contributed by atoms with van der Waals surface area (Å²) >= 11 is 0. The van der Waals surface area contributed by atoms with Crippen LogP contribution < -0.4 is 11.1 Å². The van der Waals surface area contributed by atoms with E-state index in [1.54, 1.807) is 6.92 Å². The van der Waals surface area contributed by atoms with Gasteiger partial charge in [0.15, 0.2) is 6.17 Å². The lowest BCUT2D eigenvalue weighted by Gasteiger charge is -2.28. The molecule has 0 saturated carbocycles. The van der Waals surface area contributed by atoms with E-state index in [0.717, 1.165) is 27.6 Å². The fraction of sp³-hybridized carbons (Fsp3) is 0.364. The van der Waals surface area contributed by atoms with Crippen molar-refractivity contribution in [2.75, 3.05) is 18.8 Å². The molecule has 0 radical (unpaired) electrons. The van der Waals surface area contributed by atoms with Crippen LogP contribution in [0.5, 0.6) is 0 Å². The molecule has 1 aliphatic heterocycles. The van der Waals surface area contributed by atoms with Crippen LogP contribution in [-0.4, -0.2) is 54.4 Å². The Hall–Kier alpha value is -2.82. The highest BCUT2D eigenvalue weighted by Gasteiger charge is 2.45. The molecule has 1 atom stereocenters. The lowest BCUT2D eigenvalue weighted by atomic mass is 10.1. The highest BCUT2D eigenvalue weighted by atomic mass is 32.2. The molecule has 1 unspecified atom stereocenters. The number of halogens is 1. The minimum atomic E-state index is -3.75. The van der Waals surface area contributed by atoms with Crippen LogP contribution in [0.2, 0.25) is 0 Å². The van der Waals surface area contributed by atoms with Crippen LogP contribution >= 0.6 is 0 Å². The van der Waals surface area contributed by atoms with Gasteiger partial charge in [-0.05, 0) is 41.8 Å². The Morgan fingerprint density at radius 3 is 2.47 bits per heavy atom. The van der Waals surface area contributed by atoms with Gasteiger partial charge in [-0.2, -0.15) is 4.31 Å². The van der Waals surface area contributed by atoms with E-state index < -0.39 is 33.8 Å². The summed E-state index contributed by atoms with van der Waals surface area (Å²) in [6.07, 6.45) is -0.938. The van der Waals surface area contributed by atoms with E-state index in [9.17, 15) is 22.4 Å². The topological polar surface area (TPSA) is 113 Å². The predicted octanol–water partition coefficient (Wildman–Crippen LogP) is 1.42. The Labute approximate surface area is 187 Å². The van der Waals surface area contributed by atoms with Gasteiger partial charge < -0.3 is 16.0 Å². The minimum absolute atomic E-state index is 0.00993. The maximum absolute atomic E-state index is 13.3. The van der Waals surface area contributed by atoms with Crippen molar-refractivity contribution in [2.45, 2.75) is 32.6 Å². The summed E-state index contributed by atoms with van der Waals surface area (Å²) in [5.74, 6) is -1.77. The fourth-order valence-electron chi connectivity index (χ4n) is 3.66. The van der Waals surface area contributed by atoms with Gasteiger partial charge in [0.25, 0.3) is 11.8 Å². The molecule has 3 N–H and O–H groups in total. The van der Waals surface area contributed by atoms with Gasteiger partial charge in [0.05, 0.1) is 5.75 Å². The number of carbonyl (C=O) groups is 2. The molecule has 1 heterocycles. The van der Waals surface area contributed by atoms with E-state index in [-0.39, 0.29) is 31.0 Å². The quantitative estimate of drug-likeness (QED) is 0.616. The zero-order chi connectivity index (χ0) is 23.3. The first-order chi connectivity index (χ1) is 15.3. The summed E-state index contributed by atoms with van der Waals surface area (Å²) in [5, 5.41) is 2.74. The maximum Gasteiger partial charge on any atom is 0.259 e. The smallest absolute Gasteiger partial charge is 0.259 e. The lowest BCUT2D eigenvalue weighted by molar-refractivity contribution is -0.127. The van der Waals surface area contributed by atoms with E-state index in [0.29, 0.717) is 13.0 Å². The third-order valence-electron chi connectivity index (χ3n) is 5.23. The number of rotatable bonds is 8. The van der Waals surface area contributed by atoms with Crippen molar-refractivity contribution in [3.05, 3.63) is 71.0 Å². The largest absolute Gasteiger partial charge is 0.349 e. The number of carbonyl (C=O) groups excluding carboxylic acids is 2. The molecule has 2 amide bonds. The molecule has 10 heteroatoms. The van der Waals surface area contributed by atoms with E-state index in [2.05, 4.69) is 5.32 Å². The summed E-state index contributed by atoms with van der Waals surface area (Å²) in [5.41, 5.74) is 7.54. The Bertz CT molecular complexity index is 1080. The molecule has 1 aliphatic rings. The van der Waals surface area contributed by atoms with E-state index >= 15 is 0 Å². The van der Waals surface area contributed by atoms with Gasteiger partial charge in [-0.1, -0.05) is 31.2 Å². The molecule has 2 aromatic carbocycles. The maximum atomic E-state index is 13.3. The summed E-state index contributed by atoms with van der Waals surface area (Å²) in [4.78, 5) is 27.4. The Kier molecular flexibility index (Phi) is 7.60. The number of hydrogen-bond donors (Lipinski definition) is 2. The highest BCUT2D eigenvalue weighted by Crippen LogP contribution is 2.23. The van der Waals surface area contributed by atoms with Crippen LogP contribution in [0.15, 0.2) is 48.5 Å². The molecular weight excluding hydrogens is 435 g/mol. The van der Waals surface area contributed by atoms with Gasteiger partial charge in [-0.3, -0.25) is 9.59 Å². The van der Waals surface area contributed by atoms with Crippen molar-refractivity contribution < 1.29 is 22.4 Å². The summed E-state index contributed by atoms with van der Waals surface area (Å²) in [7, 11) is -3.75. The lowest BCUT2D eigenvalue weighted by Crippen LogP contribution is -2.54. The molecule has 3 rings (SSSR count). The van der Waals surface area contributed by atoms with Crippen LogP contribution in [0.1, 0.15) is 34.8 Å². The second-order valence-electron chi connectivity index (χ2n) is 7.55. The summed E-state index contributed by atoms with van der Waals surface area (Å²) in [6, 6.07) is 12.3. The number of amides is 2. The second-order valence-corrected chi connectivity index (χ2v) is 9.59. The number of nitrogens with one attached hydrogen (secondary N) is 1. The van der Waals surface area contributed by atoms with Crippen molar-refractivity contribution in [1.29, 1.82) is 0 Å². The van der Waals surface area contributed by atoms with E-state index in [1.165, 1.54) is 17.0 Å². The summed E-state index contributed by atoms with van der Waals surface area (Å²) in [6.45, 7) is 2.31. The Morgan fingerprint density at radius 1 is 1.12 bits per heavy atom. The van der Waals surface area contributed by atoms with E-state index in [1.807, 2.05) is 24.3 Å². The molecule has 2 aromatic rings. The molecule has 0 aromatic heterocycles. The average Bonchev–Trinajstić information content (AvgIpc) is 3.24. The van der Waals surface area contributed by atoms with Crippen LogP contribution in [0, 0.1) is 5.82 Å². The van der Waals surface area contributed by atoms with Crippen LogP contribution in [0.3, 0.4) is 0 Å². The molecule has 172 valence electrons. The van der Waals surface area contributed by atoms with E-state index in [4.69, 9.17) is 5.73 Å². The third-order valence-corrected chi connectivity index (χ3v) is 7.25. The van der Waals surface area contributed by atoms with Crippen molar-refractivity contribution in [3.8, 4) is 0 Å². The Balaban J connectivity index is 1.85. The number of benzene rings is 2. The highest BCUT2D eigenvalue weighted by molar-refractivity contribution is 7.89. The number of hydrogen-bond acceptors (Lipinski definition) is 5. The van der Waals surface area contributed by atoms with Gasteiger partial charge in [0.2, 0.25) is 10.0 Å². The van der Waals surface area contributed by atoms with Gasteiger partial charge in [-0.15, -0.1) is 0 Å². The van der Waals surface area contributed by atoms with Gasteiger partial charge in [-0.25, -0.2) is 12.8 Å². The van der Waals surface area contributed by atoms with Gasteiger partial charge in [0.1, 0.15) is 5.82 Å². The molecule has 0 spiro atoms. The normalized spacial score (nSPS) is 16.8. The summed E-state index contributed by atoms with van der Waals surface area (Å²) < 4.78 is 39.9. The fourth-order valence-corrected chi connectivity index (χ4v) is 5.29. The van der Waals surface area contributed by atoms with Crippen molar-refractivity contribution in [2.24, 2.45) is 5.73 Å². The predicted molar refractivity (Wildman–Crippen MR) is 118 cm³/mol. The first-order valence-corrected chi connectivity index (χ1v) is 12.0. The zero-order valence-corrected chi connectivity index (χ0v) is 18.6. The van der Waals surface area contributed by atoms with Gasteiger partial charge in [0, 0.05) is 31.7 Å². The van der Waals surface area contributed by atoms with Crippen LogP contribution in [0.25, 0.3) is 0 Å². The van der Waals surface area contributed by atoms with Gasteiger partial charge >= 0.3 is 0 Å².